The molecule has 0 radical (unpaired) electrons. The fourth-order valence-corrected chi connectivity index (χ4v) is 2.43. The number of hydrogen-bond donors (Lipinski definition) is 1. The molecular weight excluding hydrogens is 307 g/mol. The third-order valence-electron chi connectivity index (χ3n) is 4.13. The van der Waals surface area contributed by atoms with Crippen LogP contribution in [-0.2, 0) is 10.3 Å². The predicted molar refractivity (Wildman–Crippen MR) is 93.9 cm³/mol. The van der Waals surface area contributed by atoms with Crippen molar-refractivity contribution in [3.05, 3.63) is 65.5 Å². The second kappa shape index (κ2) is 7.45. The highest BCUT2D eigenvalue weighted by Crippen LogP contribution is 2.26. The van der Waals surface area contributed by atoms with Gasteiger partial charge >= 0.3 is 0 Å². The molecule has 1 amide bonds. The fourth-order valence-electron chi connectivity index (χ4n) is 2.43. The van der Waals surface area contributed by atoms with Crippen molar-refractivity contribution >= 4 is 11.6 Å². The summed E-state index contributed by atoms with van der Waals surface area (Å²) in [6.45, 7) is 1.92. The SMILES string of the molecule is COC(C)(CNC(=O)c1ccc(N(C)C)cc1)c1ccccc1F. The molecule has 1 N–H and O–H groups in total. The lowest BCUT2D eigenvalue weighted by molar-refractivity contribution is 0.000389. The van der Waals surface area contributed by atoms with E-state index in [2.05, 4.69) is 5.32 Å². The molecule has 0 aromatic heterocycles. The Morgan fingerprint density at radius 1 is 1.17 bits per heavy atom. The molecule has 1 atom stereocenters. The van der Waals surface area contributed by atoms with Gasteiger partial charge < -0.3 is 15.0 Å². The van der Waals surface area contributed by atoms with Gasteiger partial charge in [0, 0.05) is 38.0 Å². The van der Waals surface area contributed by atoms with Crippen LogP contribution in [-0.4, -0.2) is 33.7 Å². The Kier molecular flexibility index (Phi) is 5.57. The van der Waals surface area contributed by atoms with Crippen molar-refractivity contribution < 1.29 is 13.9 Å². The molecule has 1 unspecified atom stereocenters. The summed E-state index contributed by atoms with van der Waals surface area (Å²) < 4.78 is 19.5. The number of carbonyl (C=O) groups excluding carboxylic acids is 1. The summed E-state index contributed by atoms with van der Waals surface area (Å²) in [5.41, 5.74) is 1.04. The lowest BCUT2D eigenvalue weighted by Crippen LogP contribution is -2.40. The topological polar surface area (TPSA) is 41.6 Å². The average molecular weight is 330 g/mol. The van der Waals surface area contributed by atoms with Gasteiger partial charge in [0.05, 0.1) is 6.54 Å². The maximum atomic E-state index is 14.0. The summed E-state index contributed by atoms with van der Waals surface area (Å²) in [6, 6.07) is 13.7. The van der Waals surface area contributed by atoms with Gasteiger partial charge in [-0.1, -0.05) is 18.2 Å². The van der Waals surface area contributed by atoms with Gasteiger partial charge in [-0.2, -0.15) is 0 Å². The maximum absolute atomic E-state index is 14.0. The Labute approximate surface area is 142 Å². The molecule has 2 aromatic rings. The standard InChI is InChI=1S/C19H23FN2O2/c1-19(24-4,16-7-5-6-8-17(16)20)13-21-18(23)14-9-11-15(12-10-14)22(2)3/h5-12H,13H2,1-4H3,(H,21,23). The first-order valence-electron chi connectivity index (χ1n) is 7.73. The van der Waals surface area contributed by atoms with Crippen molar-refractivity contribution in [3.63, 3.8) is 0 Å². The molecule has 0 saturated carbocycles. The number of halogens is 1. The van der Waals surface area contributed by atoms with Crippen LogP contribution in [0.15, 0.2) is 48.5 Å². The molecular formula is C19H23FN2O2. The first kappa shape index (κ1) is 17.9. The molecule has 0 aliphatic rings. The van der Waals surface area contributed by atoms with E-state index in [1.165, 1.54) is 13.2 Å². The van der Waals surface area contributed by atoms with Crippen molar-refractivity contribution in [2.45, 2.75) is 12.5 Å². The number of benzene rings is 2. The highest BCUT2D eigenvalue weighted by molar-refractivity contribution is 5.94. The van der Waals surface area contributed by atoms with E-state index >= 15 is 0 Å². The molecule has 2 rings (SSSR count). The molecule has 128 valence electrons. The van der Waals surface area contributed by atoms with Crippen molar-refractivity contribution in [2.24, 2.45) is 0 Å². The molecule has 2 aromatic carbocycles. The van der Waals surface area contributed by atoms with E-state index in [0.717, 1.165) is 5.69 Å². The van der Waals surface area contributed by atoms with E-state index in [1.807, 2.05) is 31.1 Å². The second-order valence-corrected chi connectivity index (χ2v) is 6.04. The zero-order chi connectivity index (χ0) is 17.7. The van der Waals surface area contributed by atoms with E-state index < -0.39 is 5.60 Å². The van der Waals surface area contributed by atoms with Crippen molar-refractivity contribution in [2.75, 3.05) is 32.6 Å². The van der Waals surface area contributed by atoms with Crippen LogP contribution in [0.4, 0.5) is 10.1 Å². The van der Waals surface area contributed by atoms with Gasteiger partial charge in [0.25, 0.3) is 5.91 Å². The summed E-state index contributed by atoms with van der Waals surface area (Å²) in [4.78, 5) is 14.3. The van der Waals surface area contributed by atoms with Gasteiger partial charge in [0.2, 0.25) is 0 Å². The van der Waals surface area contributed by atoms with Crippen LogP contribution in [0.5, 0.6) is 0 Å². The lowest BCUT2D eigenvalue weighted by atomic mass is 9.95. The zero-order valence-corrected chi connectivity index (χ0v) is 14.5. The van der Waals surface area contributed by atoms with Gasteiger partial charge in [0.15, 0.2) is 0 Å². The molecule has 24 heavy (non-hydrogen) atoms. The number of methoxy groups -OCH3 is 1. The van der Waals surface area contributed by atoms with Crippen LogP contribution in [0.3, 0.4) is 0 Å². The number of nitrogens with zero attached hydrogens (tertiary/aromatic N) is 1. The van der Waals surface area contributed by atoms with E-state index in [9.17, 15) is 9.18 Å². The largest absolute Gasteiger partial charge is 0.378 e. The monoisotopic (exact) mass is 330 g/mol. The minimum atomic E-state index is -0.940. The Balaban J connectivity index is 2.10. The number of rotatable bonds is 6. The highest BCUT2D eigenvalue weighted by atomic mass is 19.1. The van der Waals surface area contributed by atoms with Gasteiger partial charge in [-0.25, -0.2) is 4.39 Å². The molecule has 0 spiro atoms. The Morgan fingerprint density at radius 3 is 2.33 bits per heavy atom. The molecule has 0 aliphatic heterocycles. The number of amides is 1. The number of ether oxygens (including phenoxy) is 1. The second-order valence-electron chi connectivity index (χ2n) is 6.04. The molecule has 0 fully saturated rings. The number of carbonyl (C=O) groups is 1. The minimum Gasteiger partial charge on any atom is -0.378 e. The first-order valence-corrected chi connectivity index (χ1v) is 7.73. The van der Waals surface area contributed by atoms with Crippen LogP contribution < -0.4 is 10.2 Å². The Morgan fingerprint density at radius 2 is 1.79 bits per heavy atom. The minimum absolute atomic E-state index is 0.165. The molecule has 4 nitrogen and oxygen atoms in total. The molecule has 0 heterocycles. The van der Waals surface area contributed by atoms with Gasteiger partial charge in [-0.3, -0.25) is 4.79 Å². The lowest BCUT2D eigenvalue weighted by Gasteiger charge is -2.29. The maximum Gasteiger partial charge on any atom is 0.251 e. The number of nitrogens with one attached hydrogen (secondary N) is 1. The Bertz CT molecular complexity index is 701. The summed E-state index contributed by atoms with van der Waals surface area (Å²) in [6.07, 6.45) is 0. The third-order valence-corrected chi connectivity index (χ3v) is 4.13. The molecule has 0 saturated heterocycles. The predicted octanol–water partition coefficient (Wildman–Crippen LogP) is 3.18. The van der Waals surface area contributed by atoms with Gasteiger partial charge in [-0.15, -0.1) is 0 Å². The average Bonchev–Trinajstić information content (AvgIpc) is 2.60. The van der Waals surface area contributed by atoms with Gasteiger partial charge in [0.1, 0.15) is 11.4 Å². The summed E-state index contributed by atoms with van der Waals surface area (Å²) in [5, 5.41) is 2.82. The van der Waals surface area contributed by atoms with E-state index in [0.29, 0.717) is 11.1 Å². The molecule has 0 aliphatic carbocycles. The number of anilines is 1. The normalized spacial score (nSPS) is 13.2. The van der Waals surface area contributed by atoms with Crippen LogP contribution in [0.2, 0.25) is 0 Å². The summed E-state index contributed by atoms with van der Waals surface area (Å²) in [5.74, 6) is -0.577. The van der Waals surface area contributed by atoms with E-state index in [4.69, 9.17) is 4.74 Å². The third kappa shape index (κ3) is 3.92. The van der Waals surface area contributed by atoms with E-state index in [1.54, 1.807) is 37.3 Å². The molecule has 0 bridgehead atoms. The highest BCUT2D eigenvalue weighted by Gasteiger charge is 2.29. The first-order chi connectivity index (χ1) is 11.4. The Hall–Kier alpha value is -2.40. The van der Waals surface area contributed by atoms with Crippen LogP contribution >= 0.6 is 0 Å². The van der Waals surface area contributed by atoms with Crippen LogP contribution in [0.25, 0.3) is 0 Å². The summed E-state index contributed by atoms with van der Waals surface area (Å²) >= 11 is 0. The van der Waals surface area contributed by atoms with Gasteiger partial charge in [-0.05, 0) is 37.3 Å². The fraction of sp³-hybridized carbons (Fsp3) is 0.316. The van der Waals surface area contributed by atoms with Crippen molar-refractivity contribution in [1.29, 1.82) is 0 Å². The van der Waals surface area contributed by atoms with Crippen LogP contribution in [0, 0.1) is 5.82 Å². The quantitative estimate of drug-likeness (QED) is 0.884. The number of hydrogen-bond acceptors (Lipinski definition) is 3. The van der Waals surface area contributed by atoms with Crippen LogP contribution in [0.1, 0.15) is 22.8 Å². The van der Waals surface area contributed by atoms with Crippen molar-refractivity contribution in [3.8, 4) is 0 Å². The summed E-state index contributed by atoms with van der Waals surface area (Å²) in [7, 11) is 5.38. The zero-order valence-electron chi connectivity index (χ0n) is 14.5. The molecule has 5 heteroatoms. The smallest absolute Gasteiger partial charge is 0.251 e. The van der Waals surface area contributed by atoms with Crippen molar-refractivity contribution in [1.82, 2.24) is 5.32 Å². The van der Waals surface area contributed by atoms with E-state index in [-0.39, 0.29) is 18.3 Å².